The fourth-order valence-electron chi connectivity index (χ4n) is 1.34. The summed E-state index contributed by atoms with van der Waals surface area (Å²) < 4.78 is 41.2. The molecule has 0 fully saturated rings. The van der Waals surface area contributed by atoms with E-state index in [1.54, 1.807) is 0 Å². The number of hydrogen-bond acceptors (Lipinski definition) is 2. The fraction of sp³-hybridized carbons (Fsp3) is 0.417. The number of ether oxygens (including phenoxy) is 1. The summed E-state index contributed by atoms with van der Waals surface area (Å²) in [5.41, 5.74) is 0.479. The number of alkyl halides is 2. The Morgan fingerprint density at radius 1 is 1.44 bits per heavy atom. The molecule has 2 nitrogen and oxygen atoms in total. The lowest BCUT2D eigenvalue weighted by molar-refractivity contribution is 0.0170. The fourth-order valence-corrected chi connectivity index (χ4v) is 1.60. The Bertz CT molecular complexity index is 436. The molecule has 0 aromatic heterocycles. The molecule has 0 amide bonds. The van der Waals surface area contributed by atoms with E-state index in [1.807, 2.05) is 0 Å². The van der Waals surface area contributed by atoms with Gasteiger partial charge in [0.1, 0.15) is 12.4 Å². The molecule has 1 aromatic rings. The van der Waals surface area contributed by atoms with Gasteiger partial charge in [0.25, 0.3) is 6.43 Å². The third-order valence-electron chi connectivity index (χ3n) is 2.27. The second-order valence-electron chi connectivity index (χ2n) is 3.72. The van der Waals surface area contributed by atoms with Gasteiger partial charge in [0.2, 0.25) is 0 Å². The maximum absolute atomic E-state index is 13.1. The zero-order valence-corrected chi connectivity index (χ0v) is 10.4. The average Bonchev–Trinajstić information content (AvgIpc) is 2.28. The van der Waals surface area contributed by atoms with Crippen molar-refractivity contribution in [3.8, 4) is 0 Å². The van der Waals surface area contributed by atoms with Crippen LogP contribution in [0.4, 0.5) is 13.2 Å². The molecule has 0 saturated carbocycles. The van der Waals surface area contributed by atoms with E-state index in [4.69, 9.17) is 11.6 Å². The number of carbonyl (C=O) groups is 1. The molecule has 1 rings (SSSR count). The molecule has 1 aromatic carbocycles. The third kappa shape index (κ3) is 4.31. The second kappa shape index (κ2) is 6.75. The third-order valence-corrected chi connectivity index (χ3v) is 2.58. The topological polar surface area (TPSA) is 26.3 Å². The summed E-state index contributed by atoms with van der Waals surface area (Å²) in [4.78, 5) is 11.7. The summed E-state index contributed by atoms with van der Waals surface area (Å²) >= 11 is 5.74. The number of halogens is 4. The van der Waals surface area contributed by atoms with Crippen molar-refractivity contribution in [3.63, 3.8) is 0 Å². The van der Waals surface area contributed by atoms with E-state index in [0.717, 1.165) is 6.07 Å². The summed E-state index contributed by atoms with van der Waals surface area (Å²) in [5, 5.41) is 0.0111. The first-order chi connectivity index (χ1) is 8.41. The quantitative estimate of drug-likeness (QED) is 0.587. The zero-order chi connectivity index (χ0) is 13.7. The number of rotatable bonds is 6. The Morgan fingerprint density at radius 3 is 2.72 bits per heavy atom. The van der Waals surface area contributed by atoms with Gasteiger partial charge in [-0.2, -0.15) is 0 Å². The van der Waals surface area contributed by atoms with Crippen LogP contribution >= 0.6 is 11.6 Å². The Balaban J connectivity index is 2.59. The molecular formula is C12H12ClF3O2. The maximum atomic E-state index is 13.1. The first kappa shape index (κ1) is 15.0. The first-order valence-electron chi connectivity index (χ1n) is 5.26. The standard InChI is InChI=1S/C12H12ClF3O2/c1-7-4-8(9(13)5-10(7)14)11(17)2-3-18-6-12(15)16/h4-5,12H,2-3,6H2,1H3. The van der Waals surface area contributed by atoms with Gasteiger partial charge in [-0.3, -0.25) is 4.79 Å². The molecule has 0 aliphatic carbocycles. The smallest absolute Gasteiger partial charge is 0.261 e. The van der Waals surface area contributed by atoms with E-state index in [1.165, 1.54) is 13.0 Å². The lowest BCUT2D eigenvalue weighted by atomic mass is 10.1. The number of Topliss-reactive ketones (excluding diaryl/α,β-unsaturated/α-hetero) is 1. The van der Waals surface area contributed by atoms with Gasteiger partial charge in [-0.1, -0.05) is 11.6 Å². The van der Waals surface area contributed by atoms with Gasteiger partial charge in [-0.25, -0.2) is 13.2 Å². The van der Waals surface area contributed by atoms with Crippen LogP contribution < -0.4 is 0 Å². The second-order valence-corrected chi connectivity index (χ2v) is 4.13. The van der Waals surface area contributed by atoms with Crippen molar-refractivity contribution in [2.24, 2.45) is 0 Å². The van der Waals surface area contributed by atoms with Crippen LogP contribution in [0.2, 0.25) is 5.02 Å². The Labute approximate surface area is 108 Å². The molecule has 0 spiro atoms. The molecule has 18 heavy (non-hydrogen) atoms. The van der Waals surface area contributed by atoms with Gasteiger partial charge in [0.15, 0.2) is 5.78 Å². The van der Waals surface area contributed by atoms with Crippen LogP contribution in [-0.2, 0) is 4.74 Å². The van der Waals surface area contributed by atoms with Crippen molar-refractivity contribution in [1.82, 2.24) is 0 Å². The van der Waals surface area contributed by atoms with Crippen molar-refractivity contribution < 1.29 is 22.7 Å². The highest BCUT2D eigenvalue weighted by molar-refractivity contribution is 6.34. The largest absolute Gasteiger partial charge is 0.375 e. The van der Waals surface area contributed by atoms with Crippen molar-refractivity contribution in [3.05, 3.63) is 34.1 Å². The van der Waals surface area contributed by atoms with E-state index in [9.17, 15) is 18.0 Å². The van der Waals surface area contributed by atoms with E-state index in [0.29, 0.717) is 5.56 Å². The van der Waals surface area contributed by atoms with Gasteiger partial charge >= 0.3 is 0 Å². The molecule has 6 heteroatoms. The molecule has 0 saturated heterocycles. The molecule has 0 aliphatic heterocycles. The molecule has 0 radical (unpaired) electrons. The van der Waals surface area contributed by atoms with Crippen LogP contribution in [0.25, 0.3) is 0 Å². The van der Waals surface area contributed by atoms with E-state index in [2.05, 4.69) is 4.74 Å². The zero-order valence-electron chi connectivity index (χ0n) is 9.68. The predicted octanol–water partition coefficient (Wildman–Crippen LogP) is 3.64. The minimum Gasteiger partial charge on any atom is -0.375 e. The van der Waals surface area contributed by atoms with Crippen molar-refractivity contribution in [1.29, 1.82) is 0 Å². The molecule has 0 heterocycles. The van der Waals surface area contributed by atoms with Gasteiger partial charge < -0.3 is 4.74 Å². The average molecular weight is 281 g/mol. The van der Waals surface area contributed by atoms with Crippen LogP contribution in [0.15, 0.2) is 12.1 Å². The van der Waals surface area contributed by atoms with Crippen LogP contribution in [0, 0.1) is 12.7 Å². The van der Waals surface area contributed by atoms with Gasteiger partial charge in [0.05, 0.1) is 11.6 Å². The highest BCUT2D eigenvalue weighted by Gasteiger charge is 2.13. The molecule has 0 N–H and O–H groups in total. The monoisotopic (exact) mass is 280 g/mol. The normalized spacial score (nSPS) is 11.0. The Hall–Kier alpha value is -1.07. The number of ketones is 1. The lowest BCUT2D eigenvalue weighted by Gasteiger charge is -2.06. The summed E-state index contributed by atoms with van der Waals surface area (Å²) in [6, 6.07) is 2.40. The van der Waals surface area contributed by atoms with Crippen LogP contribution in [0.5, 0.6) is 0 Å². The molecule has 100 valence electrons. The van der Waals surface area contributed by atoms with Gasteiger partial charge in [-0.05, 0) is 24.6 Å². The highest BCUT2D eigenvalue weighted by Crippen LogP contribution is 2.21. The Kier molecular flexibility index (Phi) is 5.62. The summed E-state index contributed by atoms with van der Waals surface area (Å²) in [7, 11) is 0. The number of benzene rings is 1. The van der Waals surface area contributed by atoms with Crippen LogP contribution in [0.3, 0.4) is 0 Å². The van der Waals surface area contributed by atoms with E-state index >= 15 is 0 Å². The van der Waals surface area contributed by atoms with Crippen molar-refractivity contribution in [2.75, 3.05) is 13.2 Å². The van der Waals surface area contributed by atoms with Gasteiger partial charge in [-0.15, -0.1) is 0 Å². The summed E-state index contributed by atoms with van der Waals surface area (Å²) in [5.74, 6) is -0.858. The summed E-state index contributed by atoms with van der Waals surface area (Å²) in [6.45, 7) is 0.690. The van der Waals surface area contributed by atoms with E-state index in [-0.39, 0.29) is 29.4 Å². The lowest BCUT2D eigenvalue weighted by Crippen LogP contribution is -2.10. The minimum absolute atomic E-state index is 0.0111. The maximum Gasteiger partial charge on any atom is 0.261 e. The van der Waals surface area contributed by atoms with E-state index < -0.39 is 18.8 Å². The number of carbonyl (C=O) groups excluding carboxylic acids is 1. The first-order valence-corrected chi connectivity index (χ1v) is 5.64. The molecule has 0 atom stereocenters. The SMILES string of the molecule is Cc1cc(C(=O)CCOCC(F)F)c(Cl)cc1F. The molecule has 0 unspecified atom stereocenters. The Morgan fingerprint density at radius 2 is 2.11 bits per heavy atom. The number of aryl methyl sites for hydroxylation is 1. The van der Waals surface area contributed by atoms with Crippen LogP contribution in [0.1, 0.15) is 22.3 Å². The molecular weight excluding hydrogens is 269 g/mol. The molecule has 0 bridgehead atoms. The van der Waals surface area contributed by atoms with Crippen molar-refractivity contribution in [2.45, 2.75) is 19.8 Å². The highest BCUT2D eigenvalue weighted by atomic mass is 35.5. The van der Waals surface area contributed by atoms with Crippen LogP contribution in [-0.4, -0.2) is 25.4 Å². The van der Waals surface area contributed by atoms with Crippen molar-refractivity contribution >= 4 is 17.4 Å². The molecule has 0 aliphatic rings. The van der Waals surface area contributed by atoms with Gasteiger partial charge in [0, 0.05) is 12.0 Å². The summed E-state index contributed by atoms with van der Waals surface area (Å²) in [6.07, 6.45) is -2.63. The minimum atomic E-state index is -2.56. The number of hydrogen-bond donors (Lipinski definition) is 0. The predicted molar refractivity (Wildman–Crippen MR) is 61.9 cm³/mol.